The molecule has 0 spiro atoms. The van der Waals surface area contributed by atoms with Gasteiger partial charge in [0.15, 0.2) is 0 Å². The number of aryl methyl sites for hydroxylation is 2. The summed E-state index contributed by atoms with van der Waals surface area (Å²) >= 11 is 15.8. The highest BCUT2D eigenvalue weighted by molar-refractivity contribution is 9.11. The highest BCUT2D eigenvalue weighted by Crippen LogP contribution is 2.57. The summed E-state index contributed by atoms with van der Waals surface area (Å²) in [5, 5.41) is 5.46. The topological polar surface area (TPSA) is 9.86 Å². The molecule has 8 aromatic carbocycles. The molecule has 2 aliphatic rings. The fourth-order valence-electron chi connectivity index (χ4n) is 14.0. The van der Waals surface area contributed by atoms with E-state index in [0.717, 1.165) is 13.1 Å². The third-order valence-corrected chi connectivity index (χ3v) is 19.3. The van der Waals surface area contributed by atoms with Crippen LogP contribution in [0, 0.1) is 0 Å². The third kappa shape index (κ3) is 9.30. The Kier molecular flexibility index (Phi) is 14.7. The van der Waals surface area contributed by atoms with E-state index in [1.165, 1.54) is 209 Å². The zero-order valence-electron chi connectivity index (χ0n) is 42.3. The van der Waals surface area contributed by atoms with Crippen LogP contribution in [0.3, 0.4) is 0 Å². The van der Waals surface area contributed by atoms with Crippen LogP contribution in [0.5, 0.6) is 0 Å². The van der Waals surface area contributed by atoms with Gasteiger partial charge in [0.2, 0.25) is 0 Å². The molecule has 10 aromatic rings. The molecule has 0 atom stereocenters. The van der Waals surface area contributed by atoms with Crippen LogP contribution in [0.25, 0.3) is 65.9 Å². The lowest BCUT2D eigenvalue weighted by atomic mass is 9.70. The van der Waals surface area contributed by atoms with E-state index in [9.17, 15) is 0 Å². The second-order valence-corrected chi connectivity index (χ2v) is 25.2. The molecule has 2 nitrogen and oxygen atoms in total. The molecule has 0 amide bonds. The fraction of sp³-hybridized carbons (Fsp3) is 0.294. The number of halogens is 4. The summed E-state index contributed by atoms with van der Waals surface area (Å²) in [7, 11) is 0. The summed E-state index contributed by atoms with van der Waals surface area (Å²) in [4.78, 5) is 0. The smallest absolute Gasteiger partial charge is 0.0491 e. The van der Waals surface area contributed by atoms with Gasteiger partial charge in [0.25, 0.3) is 0 Å². The van der Waals surface area contributed by atoms with Crippen molar-refractivity contribution >= 4 is 107 Å². The predicted octanol–water partition coefficient (Wildman–Crippen LogP) is 21.8. The van der Waals surface area contributed by atoms with Crippen LogP contribution in [0.1, 0.15) is 125 Å². The first kappa shape index (κ1) is 50.1. The van der Waals surface area contributed by atoms with E-state index in [-0.39, 0.29) is 10.8 Å². The summed E-state index contributed by atoms with van der Waals surface area (Å²) < 4.78 is 9.85. The average molecular weight is 1230 g/mol. The van der Waals surface area contributed by atoms with E-state index >= 15 is 0 Å². The summed E-state index contributed by atoms with van der Waals surface area (Å²) in [6.07, 6.45) is 19.4. The number of aromatic nitrogens is 2. The van der Waals surface area contributed by atoms with Crippen LogP contribution in [0.4, 0.5) is 0 Å². The molecule has 0 unspecified atom stereocenters. The predicted molar refractivity (Wildman–Crippen MR) is 329 cm³/mol. The number of para-hydroxylation sites is 4. The second kappa shape index (κ2) is 21.7. The first-order valence-corrected chi connectivity index (χ1v) is 30.6. The van der Waals surface area contributed by atoms with Crippen LogP contribution in [-0.4, -0.2) is 9.13 Å². The number of unbranched alkanes of at least 4 members (excludes halogenated alkanes) is 9. The zero-order chi connectivity index (χ0) is 50.2. The van der Waals surface area contributed by atoms with Gasteiger partial charge in [-0.05, 0) is 156 Å². The normalized spacial score (nSPS) is 14.1. The molecule has 0 aliphatic heterocycles. The Morgan fingerprint density at radius 3 is 0.784 bits per heavy atom. The van der Waals surface area contributed by atoms with Gasteiger partial charge in [0, 0.05) is 85.4 Å². The Labute approximate surface area is 471 Å². The van der Waals surface area contributed by atoms with Gasteiger partial charge in [-0.2, -0.15) is 0 Å². The minimum atomic E-state index is -0.00425. The van der Waals surface area contributed by atoms with Gasteiger partial charge >= 0.3 is 0 Å². The molecule has 0 saturated carbocycles. The standard InChI is InChI=1S/C68H64Br4N2/c69-47-29-33-51-52-34-30-48(70)44-60(52)67(59(51)43-47,39-17-3-5-19-41-73-63-25-11-7-21-55(63)56-22-8-12-26-64(56)73)37-15-1-2-16-38-68(61-45-49(71)31-35-53(61)54-36-32-50(72)46-62(54)68)40-18-4-6-20-42-74-65-27-13-9-23-57(65)58-24-10-14-28-66(58)74/h7-14,21-36,43-46H,1-6,15-20,37-42H2. The molecule has 0 fully saturated rings. The Bertz CT molecular complexity index is 3220. The Morgan fingerprint density at radius 2 is 0.514 bits per heavy atom. The fourth-order valence-corrected chi connectivity index (χ4v) is 15.4. The van der Waals surface area contributed by atoms with Crippen LogP contribution in [-0.2, 0) is 23.9 Å². The lowest BCUT2D eigenvalue weighted by Crippen LogP contribution is -2.26. The Morgan fingerprint density at radius 1 is 0.270 bits per heavy atom. The number of rotatable bonds is 21. The molecule has 374 valence electrons. The maximum absolute atomic E-state index is 3.94. The molecular formula is C68H64Br4N2. The van der Waals surface area contributed by atoms with Crippen molar-refractivity contribution in [2.75, 3.05) is 0 Å². The van der Waals surface area contributed by atoms with E-state index in [2.05, 4.69) is 243 Å². The van der Waals surface area contributed by atoms with Crippen molar-refractivity contribution in [2.24, 2.45) is 0 Å². The zero-order valence-corrected chi connectivity index (χ0v) is 48.6. The maximum atomic E-state index is 3.94. The summed E-state index contributed by atoms with van der Waals surface area (Å²) in [5.74, 6) is 0. The molecular weight excluding hydrogens is 1160 g/mol. The molecule has 0 N–H and O–H groups in total. The van der Waals surface area contributed by atoms with E-state index in [0.29, 0.717) is 0 Å². The quantitative estimate of drug-likeness (QED) is 0.0635. The number of nitrogens with zero attached hydrogens (tertiary/aromatic N) is 2. The molecule has 0 radical (unpaired) electrons. The molecule has 0 bridgehead atoms. The number of hydrogen-bond donors (Lipinski definition) is 0. The largest absolute Gasteiger partial charge is 0.340 e. The van der Waals surface area contributed by atoms with Crippen LogP contribution >= 0.6 is 63.7 Å². The monoisotopic (exact) mass is 1220 g/mol. The molecule has 12 rings (SSSR count). The summed E-state index contributed by atoms with van der Waals surface area (Å²) in [6.45, 7) is 2.12. The summed E-state index contributed by atoms with van der Waals surface area (Å²) in [6, 6.07) is 64.1. The van der Waals surface area contributed by atoms with E-state index < -0.39 is 0 Å². The van der Waals surface area contributed by atoms with Gasteiger partial charge in [-0.15, -0.1) is 0 Å². The molecule has 2 heterocycles. The SMILES string of the molecule is Brc1ccc2c(c1)C(CCCCCCn1c3ccccc3c3ccccc31)(CCCCCCC1(CCCCCCn3c4ccccc4c4ccccc43)c3cc(Br)ccc3-c3ccc(Br)cc31)c1cc(Br)ccc1-2. The summed E-state index contributed by atoms with van der Waals surface area (Å²) in [5.41, 5.74) is 17.2. The molecule has 74 heavy (non-hydrogen) atoms. The van der Waals surface area contributed by atoms with E-state index in [1.54, 1.807) is 0 Å². The molecule has 0 saturated heterocycles. The van der Waals surface area contributed by atoms with Crippen molar-refractivity contribution in [3.05, 3.63) is 210 Å². The van der Waals surface area contributed by atoms with Gasteiger partial charge in [0.05, 0.1) is 0 Å². The molecule has 6 heteroatoms. The molecule has 2 aromatic heterocycles. The first-order chi connectivity index (χ1) is 36.3. The second-order valence-electron chi connectivity index (χ2n) is 21.5. The van der Waals surface area contributed by atoms with Crippen molar-refractivity contribution in [3.63, 3.8) is 0 Å². The number of benzene rings is 8. The minimum absolute atomic E-state index is 0.00425. The average Bonchev–Trinajstić information content (AvgIpc) is 4.09. The van der Waals surface area contributed by atoms with Crippen LogP contribution in [0.2, 0.25) is 0 Å². The van der Waals surface area contributed by atoms with Crippen LogP contribution < -0.4 is 0 Å². The van der Waals surface area contributed by atoms with Gasteiger partial charge in [0.1, 0.15) is 0 Å². The van der Waals surface area contributed by atoms with Gasteiger partial charge in [-0.3, -0.25) is 0 Å². The highest BCUT2D eigenvalue weighted by Gasteiger charge is 2.44. The highest BCUT2D eigenvalue weighted by atomic mass is 79.9. The van der Waals surface area contributed by atoms with Crippen molar-refractivity contribution in [1.29, 1.82) is 0 Å². The van der Waals surface area contributed by atoms with Crippen molar-refractivity contribution in [3.8, 4) is 22.3 Å². The van der Waals surface area contributed by atoms with E-state index in [1.807, 2.05) is 0 Å². The molecule has 2 aliphatic carbocycles. The van der Waals surface area contributed by atoms with Crippen molar-refractivity contribution < 1.29 is 0 Å². The lowest BCUT2D eigenvalue weighted by molar-refractivity contribution is 0.380. The number of fused-ring (bicyclic) bond motifs is 12. The maximum Gasteiger partial charge on any atom is 0.0491 e. The van der Waals surface area contributed by atoms with Crippen LogP contribution in [0.15, 0.2) is 188 Å². The van der Waals surface area contributed by atoms with Gasteiger partial charge in [-0.1, -0.05) is 225 Å². The van der Waals surface area contributed by atoms with Crippen molar-refractivity contribution in [2.45, 2.75) is 127 Å². The van der Waals surface area contributed by atoms with Gasteiger partial charge < -0.3 is 9.13 Å². The van der Waals surface area contributed by atoms with Gasteiger partial charge in [-0.25, -0.2) is 0 Å². The first-order valence-electron chi connectivity index (χ1n) is 27.5. The lowest BCUT2D eigenvalue weighted by Gasteiger charge is -2.34. The third-order valence-electron chi connectivity index (χ3n) is 17.4. The Balaban J connectivity index is 0.730. The van der Waals surface area contributed by atoms with E-state index in [4.69, 9.17) is 0 Å². The number of hydrogen-bond acceptors (Lipinski definition) is 0. The Hall–Kier alpha value is -4.72. The van der Waals surface area contributed by atoms with Crippen molar-refractivity contribution in [1.82, 2.24) is 9.13 Å². The minimum Gasteiger partial charge on any atom is -0.340 e.